The minimum atomic E-state index is -4.06. The van der Waals surface area contributed by atoms with Crippen LogP contribution in [0.25, 0.3) is 11.2 Å². The molecule has 6 atom stereocenters. The van der Waals surface area contributed by atoms with Crippen molar-refractivity contribution in [1.29, 1.82) is 0 Å². The molecule has 0 spiro atoms. The highest BCUT2D eigenvalue weighted by molar-refractivity contribution is 7.51. The number of hydrogen-bond donors (Lipinski definition) is 2. The monoisotopic (exact) mass is 516 g/mol. The first-order valence-corrected chi connectivity index (χ1v) is 12.8. The van der Waals surface area contributed by atoms with Crippen molar-refractivity contribution >= 4 is 30.8 Å². The molecule has 2 aliphatic heterocycles. The van der Waals surface area contributed by atoms with Gasteiger partial charge in [-0.2, -0.15) is 9.97 Å². The number of nitrogens with one attached hydrogen (secondary N) is 1. The lowest BCUT2D eigenvalue weighted by Crippen LogP contribution is -2.47. The number of carbonyl (C=O) groups is 1. The number of nitrogen functional groups attached to an aromatic ring is 1. The highest BCUT2D eigenvalue weighted by atomic mass is 31.2. The molecule has 2 aromatic heterocycles. The van der Waals surface area contributed by atoms with Gasteiger partial charge in [0.15, 0.2) is 23.1 Å². The largest absolute Gasteiger partial charge is 0.476 e. The molecule has 2 fully saturated rings. The highest BCUT2D eigenvalue weighted by Crippen LogP contribution is 2.57. The van der Waals surface area contributed by atoms with Crippen LogP contribution >= 0.6 is 7.75 Å². The number of ether oxygens (including phenoxy) is 3. The number of hydrogen-bond acceptors (Lipinski definition) is 11. The Morgan fingerprint density at radius 1 is 1.43 bits per heavy atom. The molecule has 13 nitrogen and oxygen atoms in total. The molecule has 2 saturated heterocycles. The summed E-state index contributed by atoms with van der Waals surface area (Å²) in [7, 11) is -4.06. The Labute approximate surface area is 201 Å². The fraction of sp³-hybridized carbons (Fsp3) is 0.700. The molecule has 35 heavy (non-hydrogen) atoms. The van der Waals surface area contributed by atoms with Crippen LogP contribution in [0.3, 0.4) is 0 Å². The Morgan fingerprint density at radius 3 is 2.86 bits per heavy atom. The van der Waals surface area contributed by atoms with E-state index in [9.17, 15) is 9.36 Å². The third-order valence-electron chi connectivity index (χ3n) is 5.55. The molecule has 0 unspecified atom stereocenters. The van der Waals surface area contributed by atoms with Crippen molar-refractivity contribution in [3.05, 3.63) is 6.33 Å². The van der Waals surface area contributed by atoms with Gasteiger partial charge in [0.25, 0.3) is 0 Å². The first kappa shape index (κ1) is 25.7. The number of carbonyl (C=O) groups excluding carboxylic acids is 1. The first-order chi connectivity index (χ1) is 16.4. The average Bonchev–Trinajstić information content (AvgIpc) is 3.30. The molecule has 0 amide bonds. The maximum atomic E-state index is 16.2. The second-order valence-electron chi connectivity index (χ2n) is 9.02. The van der Waals surface area contributed by atoms with Gasteiger partial charge in [0.2, 0.25) is 11.8 Å². The predicted molar refractivity (Wildman–Crippen MR) is 121 cm³/mol. The molecule has 0 radical (unpaired) electrons. The Bertz CT molecular complexity index is 1140. The summed E-state index contributed by atoms with van der Waals surface area (Å²) in [5.74, 6) is -0.407. The van der Waals surface area contributed by atoms with Crippen LogP contribution in [0.1, 0.15) is 40.8 Å². The fourth-order valence-corrected chi connectivity index (χ4v) is 5.67. The normalized spacial score (nSPS) is 31.5. The van der Waals surface area contributed by atoms with E-state index in [1.807, 2.05) is 13.8 Å². The molecule has 15 heteroatoms. The van der Waals surface area contributed by atoms with E-state index in [2.05, 4.69) is 20.0 Å². The minimum Gasteiger partial charge on any atom is -0.476 e. The summed E-state index contributed by atoms with van der Waals surface area (Å²) < 4.78 is 58.3. The highest BCUT2D eigenvalue weighted by Gasteiger charge is 2.61. The summed E-state index contributed by atoms with van der Waals surface area (Å²) in [5, 5.41) is 2.52. The smallest absolute Gasteiger partial charge is 0.406 e. The van der Waals surface area contributed by atoms with Crippen LogP contribution in [0.2, 0.25) is 0 Å². The average molecular weight is 516 g/mol. The van der Waals surface area contributed by atoms with Crippen molar-refractivity contribution in [3.8, 4) is 5.88 Å². The van der Waals surface area contributed by atoms with E-state index >= 15 is 4.39 Å². The zero-order valence-corrected chi connectivity index (χ0v) is 21.0. The number of nitrogens with zero attached hydrogens (tertiary/aromatic N) is 4. The van der Waals surface area contributed by atoms with Crippen molar-refractivity contribution in [1.82, 2.24) is 24.6 Å². The van der Waals surface area contributed by atoms with Gasteiger partial charge >= 0.3 is 13.7 Å². The van der Waals surface area contributed by atoms with E-state index in [0.717, 1.165) is 0 Å². The molecule has 2 aliphatic rings. The molecule has 0 bridgehead atoms. The van der Waals surface area contributed by atoms with Crippen LogP contribution in [0.15, 0.2) is 6.33 Å². The molecule has 0 aliphatic carbocycles. The van der Waals surface area contributed by atoms with Crippen molar-refractivity contribution in [3.63, 3.8) is 0 Å². The van der Waals surface area contributed by atoms with E-state index in [-0.39, 0.29) is 42.1 Å². The van der Waals surface area contributed by atoms with Crippen molar-refractivity contribution in [2.45, 2.75) is 64.8 Å². The number of alkyl halides is 1. The Morgan fingerprint density at radius 2 is 2.17 bits per heavy atom. The number of aromatic nitrogens is 4. The lowest BCUT2D eigenvalue weighted by Gasteiger charge is -2.35. The number of halogens is 1. The van der Waals surface area contributed by atoms with Crippen molar-refractivity contribution < 1.29 is 37.0 Å². The number of anilines is 1. The number of esters is 1. The van der Waals surface area contributed by atoms with Crippen LogP contribution in [-0.4, -0.2) is 69.2 Å². The summed E-state index contributed by atoms with van der Waals surface area (Å²) in [4.78, 5) is 24.6. The summed E-state index contributed by atoms with van der Waals surface area (Å²) in [6.45, 7) is 8.57. The van der Waals surface area contributed by atoms with Gasteiger partial charge in [0, 0.05) is 0 Å². The molecule has 4 heterocycles. The second-order valence-corrected chi connectivity index (χ2v) is 10.7. The van der Waals surface area contributed by atoms with Crippen molar-refractivity contribution in [2.24, 2.45) is 5.92 Å². The van der Waals surface area contributed by atoms with Gasteiger partial charge in [-0.25, -0.2) is 19.0 Å². The maximum absolute atomic E-state index is 16.2. The van der Waals surface area contributed by atoms with Crippen LogP contribution in [0, 0.1) is 5.92 Å². The standard InChI is InChI=1S/C20H30FN6O7P/c1-6-30-16-13-15(24-19(22)25-16)27(9-23-13)18-20(5,21)14-12(33-18)8-32-35(29,34-14)26-11(4)17(28)31-7-10(2)3/h9-12,14,18H,6-8H2,1-5H3,(H,26,29)(H2,22,24,25)/t11-,12+,14+,18+,20+,35-/m0/s1. The summed E-state index contributed by atoms with van der Waals surface area (Å²) in [6, 6.07) is -1.01. The van der Waals surface area contributed by atoms with Gasteiger partial charge in [-0.1, -0.05) is 13.8 Å². The zero-order chi connectivity index (χ0) is 25.5. The summed E-state index contributed by atoms with van der Waals surface area (Å²) in [6.07, 6.45) is -2.08. The van der Waals surface area contributed by atoms with Crippen LogP contribution in [0.5, 0.6) is 5.88 Å². The van der Waals surface area contributed by atoms with Crippen LogP contribution in [-0.2, 0) is 27.9 Å². The van der Waals surface area contributed by atoms with Gasteiger partial charge in [0.1, 0.15) is 18.2 Å². The SMILES string of the molecule is CCOc1nc(N)nc2c1ncn2[C@@H]1O[C@@H]2CO[P@@](=O)(N[C@@H](C)C(=O)OCC(C)C)O[C@H]2[C@@]1(C)F. The van der Waals surface area contributed by atoms with Gasteiger partial charge in [-0.3, -0.25) is 18.4 Å². The molecule has 3 N–H and O–H groups in total. The Balaban J connectivity index is 1.55. The van der Waals surface area contributed by atoms with E-state index in [1.54, 1.807) is 6.92 Å². The van der Waals surface area contributed by atoms with Gasteiger partial charge in [0.05, 0.1) is 26.1 Å². The topological polar surface area (TPSA) is 162 Å². The molecule has 0 aromatic carbocycles. The lowest BCUT2D eigenvalue weighted by molar-refractivity contribution is -0.146. The molecular formula is C20H30FN6O7P. The predicted octanol–water partition coefficient (Wildman–Crippen LogP) is 2.13. The zero-order valence-electron chi connectivity index (χ0n) is 20.1. The fourth-order valence-electron chi connectivity index (χ4n) is 3.91. The van der Waals surface area contributed by atoms with E-state index < -0.39 is 43.9 Å². The first-order valence-electron chi connectivity index (χ1n) is 11.3. The van der Waals surface area contributed by atoms with Gasteiger partial charge in [-0.15, -0.1) is 0 Å². The number of nitrogens with two attached hydrogens (primary N) is 1. The van der Waals surface area contributed by atoms with E-state index in [4.69, 9.17) is 29.0 Å². The van der Waals surface area contributed by atoms with Crippen molar-refractivity contribution in [2.75, 3.05) is 25.6 Å². The Kier molecular flexibility index (Phi) is 7.04. The number of imidazole rings is 1. The molecular weight excluding hydrogens is 486 g/mol. The maximum Gasteiger partial charge on any atom is 0.406 e. The number of fused-ring (bicyclic) bond motifs is 2. The third-order valence-corrected chi connectivity index (χ3v) is 7.24. The molecule has 4 rings (SSSR count). The quantitative estimate of drug-likeness (QED) is 0.389. The van der Waals surface area contributed by atoms with E-state index in [0.29, 0.717) is 6.61 Å². The molecule has 0 saturated carbocycles. The molecule has 194 valence electrons. The van der Waals surface area contributed by atoms with Gasteiger partial charge in [-0.05, 0) is 26.7 Å². The second kappa shape index (κ2) is 9.58. The van der Waals surface area contributed by atoms with Crippen LogP contribution in [0.4, 0.5) is 10.3 Å². The summed E-state index contributed by atoms with van der Waals surface area (Å²) >= 11 is 0. The summed E-state index contributed by atoms with van der Waals surface area (Å²) in [5.41, 5.74) is 4.11. The van der Waals surface area contributed by atoms with Gasteiger partial charge < -0.3 is 19.9 Å². The minimum absolute atomic E-state index is 0.0784. The molecule has 2 aromatic rings. The Hall–Kier alpha value is -2.38. The lowest BCUT2D eigenvalue weighted by atomic mass is 9.98. The number of rotatable bonds is 8. The third kappa shape index (κ3) is 4.98. The van der Waals surface area contributed by atoms with Crippen LogP contribution < -0.4 is 15.6 Å². The van der Waals surface area contributed by atoms with E-state index in [1.165, 1.54) is 24.7 Å².